The zero-order chi connectivity index (χ0) is 23.5. The maximum absolute atomic E-state index is 13.4. The number of carbonyl (C=O) groups is 2. The second-order valence-electron chi connectivity index (χ2n) is 8.84. The number of fused-ring (bicyclic) bond motifs is 1. The van der Waals surface area contributed by atoms with E-state index in [1.54, 1.807) is 36.4 Å². The van der Waals surface area contributed by atoms with E-state index >= 15 is 0 Å². The number of epoxide rings is 1. The SMILES string of the molecule is COc1ccc2c(c1)C(=O)N(C[C@@]1(c3ccc(-c4cc(N)ccn4)cc3)NC3(CO3)NC1=O)C2. The Labute approximate surface area is 195 Å². The number of anilines is 1. The van der Waals surface area contributed by atoms with Crippen molar-refractivity contribution in [3.63, 3.8) is 0 Å². The summed E-state index contributed by atoms with van der Waals surface area (Å²) in [5.74, 6) is -0.636. The lowest BCUT2D eigenvalue weighted by Crippen LogP contribution is -2.53. The first kappa shape index (κ1) is 20.6. The first-order valence-corrected chi connectivity index (χ1v) is 11.0. The number of nitrogens with two attached hydrogens (primary N) is 1. The number of nitrogens with zero attached hydrogens (tertiary/aromatic N) is 2. The van der Waals surface area contributed by atoms with Crippen molar-refractivity contribution in [3.8, 4) is 17.0 Å². The highest BCUT2D eigenvalue weighted by molar-refractivity contribution is 6.00. The number of pyridine rings is 1. The number of rotatable bonds is 5. The zero-order valence-electron chi connectivity index (χ0n) is 18.5. The van der Waals surface area contributed by atoms with Crippen molar-refractivity contribution in [2.75, 3.05) is 26.0 Å². The van der Waals surface area contributed by atoms with Crippen molar-refractivity contribution in [1.29, 1.82) is 0 Å². The molecule has 0 bridgehead atoms. The molecule has 1 aromatic heterocycles. The van der Waals surface area contributed by atoms with Gasteiger partial charge in [-0.2, -0.15) is 0 Å². The van der Waals surface area contributed by atoms with Gasteiger partial charge in [-0.25, -0.2) is 0 Å². The molecule has 4 heterocycles. The summed E-state index contributed by atoms with van der Waals surface area (Å²) in [6.45, 7) is 0.931. The average molecular weight is 457 g/mol. The van der Waals surface area contributed by atoms with Crippen LogP contribution in [0.4, 0.5) is 5.69 Å². The monoisotopic (exact) mass is 457 g/mol. The summed E-state index contributed by atoms with van der Waals surface area (Å²) >= 11 is 0. The van der Waals surface area contributed by atoms with Gasteiger partial charge in [0.25, 0.3) is 5.91 Å². The summed E-state index contributed by atoms with van der Waals surface area (Å²) in [4.78, 5) is 32.7. The molecule has 1 spiro atoms. The summed E-state index contributed by atoms with van der Waals surface area (Å²) < 4.78 is 10.8. The van der Waals surface area contributed by atoms with E-state index in [4.69, 9.17) is 15.2 Å². The first-order chi connectivity index (χ1) is 16.4. The number of nitrogen functional groups attached to an aromatic ring is 1. The Morgan fingerprint density at radius 3 is 2.62 bits per heavy atom. The highest BCUT2D eigenvalue weighted by Crippen LogP contribution is 2.39. The fourth-order valence-corrected chi connectivity index (χ4v) is 4.76. The van der Waals surface area contributed by atoms with Crippen LogP contribution in [0.2, 0.25) is 0 Å². The van der Waals surface area contributed by atoms with Crippen LogP contribution in [0.15, 0.2) is 60.8 Å². The van der Waals surface area contributed by atoms with E-state index in [1.165, 1.54) is 0 Å². The van der Waals surface area contributed by atoms with Crippen molar-refractivity contribution in [1.82, 2.24) is 20.5 Å². The summed E-state index contributed by atoms with van der Waals surface area (Å²) in [5.41, 5.74) is 9.19. The molecule has 0 radical (unpaired) electrons. The molecule has 2 atom stereocenters. The molecule has 2 aromatic carbocycles. The van der Waals surface area contributed by atoms with Crippen LogP contribution in [0, 0.1) is 0 Å². The Morgan fingerprint density at radius 1 is 1.15 bits per heavy atom. The molecule has 2 amide bonds. The van der Waals surface area contributed by atoms with Crippen molar-refractivity contribution in [3.05, 3.63) is 77.5 Å². The van der Waals surface area contributed by atoms with Gasteiger partial charge in [0.1, 0.15) is 17.9 Å². The average Bonchev–Trinajstić information content (AvgIpc) is 3.44. The molecule has 172 valence electrons. The number of nitrogens with one attached hydrogen (secondary N) is 2. The third-order valence-corrected chi connectivity index (χ3v) is 6.63. The van der Waals surface area contributed by atoms with Crippen LogP contribution in [0.1, 0.15) is 21.5 Å². The van der Waals surface area contributed by atoms with E-state index in [0.717, 1.165) is 22.4 Å². The quantitative estimate of drug-likeness (QED) is 0.498. The number of methoxy groups -OCH3 is 1. The molecule has 9 heteroatoms. The first-order valence-electron chi connectivity index (χ1n) is 11.0. The van der Waals surface area contributed by atoms with Gasteiger partial charge in [-0.05, 0) is 35.4 Å². The van der Waals surface area contributed by atoms with Gasteiger partial charge in [-0.1, -0.05) is 30.3 Å². The minimum Gasteiger partial charge on any atom is -0.497 e. The molecule has 2 saturated heterocycles. The molecule has 2 fully saturated rings. The number of hydrogen-bond donors (Lipinski definition) is 3. The molecular formula is C25H23N5O4. The van der Waals surface area contributed by atoms with E-state index in [1.807, 2.05) is 36.4 Å². The number of carbonyl (C=O) groups excluding carboxylic acids is 2. The Balaban J connectivity index is 1.34. The Bertz CT molecular complexity index is 1320. The lowest BCUT2D eigenvalue weighted by Gasteiger charge is -2.32. The van der Waals surface area contributed by atoms with Crippen LogP contribution >= 0.6 is 0 Å². The molecule has 4 N–H and O–H groups in total. The van der Waals surface area contributed by atoms with Gasteiger partial charge in [0.2, 0.25) is 11.8 Å². The van der Waals surface area contributed by atoms with E-state index in [2.05, 4.69) is 15.6 Å². The molecule has 1 unspecified atom stereocenters. The second kappa shape index (κ2) is 7.28. The zero-order valence-corrected chi connectivity index (χ0v) is 18.5. The second-order valence-corrected chi connectivity index (χ2v) is 8.84. The van der Waals surface area contributed by atoms with Gasteiger partial charge in [0.05, 0.1) is 19.3 Å². The van der Waals surface area contributed by atoms with E-state index in [9.17, 15) is 9.59 Å². The minimum atomic E-state index is -1.17. The molecule has 3 aliphatic heterocycles. The predicted octanol–water partition coefficient (Wildman–Crippen LogP) is 1.59. The maximum Gasteiger partial charge on any atom is 0.254 e. The number of amides is 2. The smallest absolute Gasteiger partial charge is 0.254 e. The summed E-state index contributed by atoms with van der Waals surface area (Å²) in [6, 6.07) is 16.6. The number of ether oxygens (including phenoxy) is 2. The third-order valence-electron chi connectivity index (χ3n) is 6.63. The molecular weight excluding hydrogens is 434 g/mol. The van der Waals surface area contributed by atoms with Crippen LogP contribution in [0.25, 0.3) is 11.3 Å². The normalized spacial score (nSPS) is 24.9. The van der Waals surface area contributed by atoms with Crippen LogP contribution in [-0.4, -0.2) is 47.8 Å². The largest absolute Gasteiger partial charge is 0.497 e. The van der Waals surface area contributed by atoms with Crippen LogP contribution in [0.5, 0.6) is 5.75 Å². The van der Waals surface area contributed by atoms with Crippen LogP contribution < -0.4 is 21.1 Å². The summed E-state index contributed by atoms with van der Waals surface area (Å²) in [5, 5.41) is 6.27. The summed E-state index contributed by atoms with van der Waals surface area (Å²) in [7, 11) is 1.57. The molecule has 0 saturated carbocycles. The van der Waals surface area contributed by atoms with Gasteiger partial charge < -0.3 is 25.4 Å². The molecule has 0 aliphatic carbocycles. The topological polar surface area (TPSA) is 122 Å². The van der Waals surface area contributed by atoms with Crippen molar-refractivity contribution in [2.24, 2.45) is 0 Å². The predicted molar refractivity (Wildman–Crippen MR) is 123 cm³/mol. The lowest BCUT2D eigenvalue weighted by atomic mass is 9.88. The number of benzene rings is 2. The maximum atomic E-state index is 13.4. The van der Waals surface area contributed by atoms with E-state index in [0.29, 0.717) is 30.2 Å². The van der Waals surface area contributed by atoms with Crippen molar-refractivity contribution in [2.45, 2.75) is 17.9 Å². The van der Waals surface area contributed by atoms with Gasteiger partial charge in [0, 0.05) is 29.6 Å². The Morgan fingerprint density at radius 2 is 1.94 bits per heavy atom. The van der Waals surface area contributed by atoms with Gasteiger partial charge in [-0.15, -0.1) is 0 Å². The van der Waals surface area contributed by atoms with Gasteiger partial charge in [0.15, 0.2) is 0 Å². The minimum absolute atomic E-state index is 0.138. The Kier molecular flexibility index (Phi) is 4.42. The highest BCUT2D eigenvalue weighted by atomic mass is 16.6. The van der Waals surface area contributed by atoms with Crippen LogP contribution in [-0.2, 0) is 21.6 Å². The number of aromatic nitrogens is 1. The van der Waals surface area contributed by atoms with Gasteiger partial charge in [-0.3, -0.25) is 19.9 Å². The van der Waals surface area contributed by atoms with E-state index < -0.39 is 11.4 Å². The molecule has 9 nitrogen and oxygen atoms in total. The standard InChI is InChI=1S/C25H23N5O4/c1-33-19-7-4-16-12-30(22(31)20(16)11-19)13-24(23(32)28-25(29-24)14-34-25)17-5-2-15(3-6-17)21-10-18(26)8-9-27-21/h2-11,29H,12-14H2,1H3,(H2,26,27)(H,28,32)/t24-,25?/m0/s1. The van der Waals surface area contributed by atoms with Gasteiger partial charge >= 0.3 is 0 Å². The van der Waals surface area contributed by atoms with Crippen molar-refractivity contribution >= 4 is 17.5 Å². The van der Waals surface area contributed by atoms with E-state index in [-0.39, 0.29) is 18.4 Å². The van der Waals surface area contributed by atoms with Crippen molar-refractivity contribution < 1.29 is 19.1 Å². The molecule has 6 rings (SSSR count). The molecule has 3 aliphatic rings. The highest BCUT2D eigenvalue weighted by Gasteiger charge is 2.63. The fourth-order valence-electron chi connectivity index (χ4n) is 4.76. The molecule has 34 heavy (non-hydrogen) atoms. The lowest BCUT2D eigenvalue weighted by molar-refractivity contribution is -0.125. The summed E-state index contributed by atoms with van der Waals surface area (Å²) in [6.07, 6.45) is 1.66. The third kappa shape index (κ3) is 3.20. The number of hydrogen-bond acceptors (Lipinski definition) is 7. The molecule has 3 aromatic rings. The Hall–Kier alpha value is -3.95. The van der Waals surface area contributed by atoms with Crippen LogP contribution in [0.3, 0.4) is 0 Å². The fraction of sp³-hybridized carbons (Fsp3) is 0.240.